The number of rotatable bonds is 3. The number of benzene rings is 1. The Bertz CT molecular complexity index is 895. The molecule has 0 spiro atoms. The van der Waals surface area contributed by atoms with Gasteiger partial charge >= 0.3 is 0 Å². The van der Waals surface area contributed by atoms with E-state index < -0.39 is 0 Å². The molecule has 0 atom stereocenters. The van der Waals surface area contributed by atoms with E-state index in [1.165, 1.54) is 30.6 Å². The number of nitrogens with one attached hydrogen (secondary N) is 1. The smallest absolute Gasteiger partial charge is 0.265 e. The number of carbonyl (C=O) groups excluding carboxylic acids is 1. The molecule has 1 N–H and O–H groups in total. The number of carbonyl (C=O) groups is 1. The van der Waals surface area contributed by atoms with Crippen LogP contribution < -0.4 is 5.32 Å². The fourth-order valence-corrected chi connectivity index (χ4v) is 4.01. The van der Waals surface area contributed by atoms with E-state index in [2.05, 4.69) is 20.1 Å². The van der Waals surface area contributed by atoms with E-state index in [0.29, 0.717) is 0 Å². The molecule has 2 aromatic heterocycles. The summed E-state index contributed by atoms with van der Waals surface area (Å²) in [5, 5.41) is 13.6. The fraction of sp³-hybridized carbons (Fsp3) is 0.316. The Kier molecular flexibility index (Phi) is 4.36. The van der Waals surface area contributed by atoms with Crippen molar-refractivity contribution in [3.05, 3.63) is 52.0 Å². The van der Waals surface area contributed by atoms with E-state index in [9.17, 15) is 4.79 Å². The summed E-state index contributed by atoms with van der Waals surface area (Å²) in [4.78, 5) is 13.1. The summed E-state index contributed by atoms with van der Waals surface area (Å²) in [5.74, 6) is 1.94. The lowest BCUT2D eigenvalue weighted by atomic mass is 10.2. The van der Waals surface area contributed by atoms with Gasteiger partial charge in [0, 0.05) is 24.2 Å². The number of hydrogen-bond acceptors (Lipinski definition) is 4. The minimum atomic E-state index is -0.0587. The van der Waals surface area contributed by atoms with Crippen LogP contribution in [0, 0.1) is 6.92 Å². The molecule has 6 heteroatoms. The molecule has 1 aromatic carbocycles. The highest BCUT2D eigenvalue weighted by Gasteiger charge is 2.16. The number of hydrogen-bond donors (Lipinski definition) is 1. The molecule has 0 unspecified atom stereocenters. The van der Waals surface area contributed by atoms with Crippen molar-refractivity contribution in [2.45, 2.75) is 39.2 Å². The Morgan fingerprint density at radius 2 is 1.96 bits per heavy atom. The maximum atomic E-state index is 12.3. The first-order valence-corrected chi connectivity index (χ1v) is 9.48. The molecule has 5 nitrogen and oxygen atoms in total. The summed E-state index contributed by atoms with van der Waals surface area (Å²) in [6.45, 7) is 2.93. The molecule has 1 aliphatic heterocycles. The van der Waals surface area contributed by atoms with Crippen LogP contribution in [0.15, 0.2) is 35.7 Å². The van der Waals surface area contributed by atoms with Crippen LogP contribution in [0.3, 0.4) is 0 Å². The molecule has 3 heterocycles. The quantitative estimate of drug-likeness (QED) is 0.765. The van der Waals surface area contributed by atoms with Crippen molar-refractivity contribution in [2.75, 3.05) is 5.32 Å². The third-order valence-corrected chi connectivity index (χ3v) is 5.59. The van der Waals surface area contributed by atoms with Gasteiger partial charge in [0.05, 0.1) is 4.88 Å². The third kappa shape index (κ3) is 3.22. The second-order valence-corrected chi connectivity index (χ2v) is 7.28. The summed E-state index contributed by atoms with van der Waals surface area (Å²) in [6, 6.07) is 9.81. The summed E-state index contributed by atoms with van der Waals surface area (Å²) in [6.07, 6.45) is 4.61. The molecule has 4 rings (SSSR count). The average molecular weight is 352 g/mol. The normalized spacial score (nSPS) is 14.0. The van der Waals surface area contributed by atoms with E-state index in [0.717, 1.165) is 46.3 Å². The molecule has 128 valence electrons. The van der Waals surface area contributed by atoms with Gasteiger partial charge < -0.3 is 9.88 Å². The second-order valence-electron chi connectivity index (χ2n) is 6.37. The van der Waals surface area contributed by atoms with Crippen molar-refractivity contribution >= 4 is 22.9 Å². The highest BCUT2D eigenvalue weighted by molar-refractivity contribution is 7.12. The maximum absolute atomic E-state index is 12.3. The van der Waals surface area contributed by atoms with E-state index >= 15 is 0 Å². The molecule has 1 amide bonds. The number of fused-ring (bicyclic) bond motifs is 1. The van der Waals surface area contributed by atoms with Crippen molar-refractivity contribution in [2.24, 2.45) is 0 Å². The van der Waals surface area contributed by atoms with Gasteiger partial charge in [0.2, 0.25) is 0 Å². The topological polar surface area (TPSA) is 59.8 Å². The highest BCUT2D eigenvalue weighted by Crippen LogP contribution is 2.24. The number of amides is 1. The molecule has 3 aromatic rings. The monoisotopic (exact) mass is 352 g/mol. The lowest BCUT2D eigenvalue weighted by Crippen LogP contribution is -2.11. The van der Waals surface area contributed by atoms with E-state index in [-0.39, 0.29) is 5.91 Å². The van der Waals surface area contributed by atoms with E-state index in [1.807, 2.05) is 42.6 Å². The van der Waals surface area contributed by atoms with Crippen LogP contribution >= 0.6 is 11.3 Å². The first-order chi connectivity index (χ1) is 12.2. The molecule has 25 heavy (non-hydrogen) atoms. The van der Waals surface area contributed by atoms with Crippen molar-refractivity contribution in [3.63, 3.8) is 0 Å². The van der Waals surface area contributed by atoms with Gasteiger partial charge in [-0.1, -0.05) is 6.42 Å². The summed E-state index contributed by atoms with van der Waals surface area (Å²) in [5.41, 5.74) is 2.83. The van der Waals surface area contributed by atoms with Crippen LogP contribution in [-0.4, -0.2) is 20.7 Å². The molecule has 0 fully saturated rings. The van der Waals surface area contributed by atoms with Crippen molar-refractivity contribution < 1.29 is 4.79 Å². The molecular formula is C19H20N4OS. The summed E-state index contributed by atoms with van der Waals surface area (Å²) in [7, 11) is 0. The van der Waals surface area contributed by atoms with Gasteiger partial charge in [-0.3, -0.25) is 4.79 Å². The van der Waals surface area contributed by atoms with Gasteiger partial charge in [0.15, 0.2) is 5.82 Å². The Labute approximate surface area is 150 Å². The van der Waals surface area contributed by atoms with Gasteiger partial charge in [0.1, 0.15) is 5.82 Å². The lowest BCUT2D eigenvalue weighted by molar-refractivity contribution is 0.103. The Balaban J connectivity index is 1.54. The first-order valence-electron chi connectivity index (χ1n) is 8.60. The summed E-state index contributed by atoms with van der Waals surface area (Å²) >= 11 is 1.46. The van der Waals surface area contributed by atoms with E-state index in [1.54, 1.807) is 0 Å². The minimum absolute atomic E-state index is 0.0587. The first kappa shape index (κ1) is 16.0. The number of aryl methyl sites for hydroxylation is 2. The van der Waals surface area contributed by atoms with Gasteiger partial charge in [-0.25, -0.2) is 0 Å². The highest BCUT2D eigenvalue weighted by atomic mass is 32.1. The molecule has 0 saturated heterocycles. The molecule has 0 saturated carbocycles. The van der Waals surface area contributed by atoms with Crippen molar-refractivity contribution in [3.8, 4) is 11.4 Å². The Morgan fingerprint density at radius 1 is 1.12 bits per heavy atom. The molecule has 1 aliphatic rings. The Morgan fingerprint density at radius 3 is 2.72 bits per heavy atom. The Hall–Kier alpha value is -2.47. The standard InChI is InChI=1S/C19H20N4OS/c1-13-10-12-25-17(13)19(24)20-15-8-6-14(7-9-15)18-22-21-16-5-3-2-4-11-23(16)18/h6-10,12H,2-5,11H2,1H3,(H,20,24). The van der Waals surface area contributed by atoms with Gasteiger partial charge in [0.25, 0.3) is 5.91 Å². The predicted molar refractivity (Wildman–Crippen MR) is 100 cm³/mol. The van der Waals surface area contributed by atoms with Gasteiger partial charge in [-0.2, -0.15) is 0 Å². The van der Waals surface area contributed by atoms with Crippen LogP contribution in [0.4, 0.5) is 5.69 Å². The number of aromatic nitrogens is 3. The van der Waals surface area contributed by atoms with Gasteiger partial charge in [-0.05, 0) is 61.0 Å². The minimum Gasteiger partial charge on any atom is -0.321 e. The predicted octanol–water partition coefficient (Wildman–Crippen LogP) is 4.29. The zero-order valence-corrected chi connectivity index (χ0v) is 15.0. The lowest BCUT2D eigenvalue weighted by Gasteiger charge is -2.08. The summed E-state index contributed by atoms with van der Waals surface area (Å²) < 4.78 is 2.23. The average Bonchev–Trinajstić information content (AvgIpc) is 3.15. The molecule has 0 bridgehead atoms. The number of thiophene rings is 1. The molecular weight excluding hydrogens is 332 g/mol. The number of anilines is 1. The molecule has 0 radical (unpaired) electrons. The van der Waals surface area contributed by atoms with Crippen LogP contribution in [0.5, 0.6) is 0 Å². The van der Waals surface area contributed by atoms with Crippen LogP contribution in [0.2, 0.25) is 0 Å². The second kappa shape index (κ2) is 6.80. The van der Waals surface area contributed by atoms with Crippen molar-refractivity contribution in [1.29, 1.82) is 0 Å². The van der Waals surface area contributed by atoms with Gasteiger partial charge in [-0.15, -0.1) is 21.5 Å². The zero-order valence-electron chi connectivity index (χ0n) is 14.2. The largest absolute Gasteiger partial charge is 0.321 e. The molecule has 0 aliphatic carbocycles. The fourth-order valence-electron chi connectivity index (χ4n) is 3.19. The SMILES string of the molecule is Cc1ccsc1C(=O)Nc1ccc(-c2nnc3n2CCCCC3)cc1. The number of nitrogens with zero attached hydrogens (tertiary/aromatic N) is 3. The van der Waals surface area contributed by atoms with E-state index in [4.69, 9.17) is 0 Å². The zero-order chi connectivity index (χ0) is 17.2. The third-order valence-electron chi connectivity index (χ3n) is 4.58. The maximum Gasteiger partial charge on any atom is 0.265 e. The van der Waals surface area contributed by atoms with Crippen LogP contribution in [-0.2, 0) is 13.0 Å². The van der Waals surface area contributed by atoms with Crippen LogP contribution in [0.25, 0.3) is 11.4 Å². The van der Waals surface area contributed by atoms with Crippen molar-refractivity contribution in [1.82, 2.24) is 14.8 Å². The van der Waals surface area contributed by atoms with Crippen LogP contribution in [0.1, 0.15) is 40.3 Å².